The first-order valence-corrected chi connectivity index (χ1v) is 6.24. The highest BCUT2D eigenvalue weighted by atomic mass is 35.5. The van der Waals surface area contributed by atoms with Gasteiger partial charge in [0.1, 0.15) is 5.82 Å². The average molecular weight is 260 g/mol. The number of anilines is 1. The molecule has 0 bridgehead atoms. The number of rotatable bonds is 7. The molecular formula is C13H19ClFNO. The third-order valence-corrected chi connectivity index (χ3v) is 2.64. The molecule has 0 atom stereocenters. The molecule has 0 aliphatic carbocycles. The van der Waals surface area contributed by atoms with Crippen LogP contribution in [0.4, 0.5) is 10.1 Å². The van der Waals surface area contributed by atoms with Crippen molar-refractivity contribution in [3.05, 3.63) is 29.0 Å². The van der Waals surface area contributed by atoms with Gasteiger partial charge in [0.05, 0.1) is 11.6 Å². The van der Waals surface area contributed by atoms with E-state index in [0.29, 0.717) is 19.1 Å². The molecule has 0 aromatic heterocycles. The van der Waals surface area contributed by atoms with Gasteiger partial charge in [-0.05, 0) is 30.5 Å². The fourth-order valence-corrected chi connectivity index (χ4v) is 1.41. The normalized spacial score (nSPS) is 10.9. The molecule has 17 heavy (non-hydrogen) atoms. The van der Waals surface area contributed by atoms with Gasteiger partial charge in [0.25, 0.3) is 0 Å². The lowest BCUT2D eigenvalue weighted by molar-refractivity contribution is 0.132. The third-order valence-electron chi connectivity index (χ3n) is 2.33. The molecular weight excluding hydrogens is 241 g/mol. The minimum absolute atomic E-state index is 0.142. The smallest absolute Gasteiger partial charge is 0.143 e. The first kappa shape index (κ1) is 14.3. The molecule has 1 N–H and O–H groups in total. The summed E-state index contributed by atoms with van der Waals surface area (Å²) >= 11 is 5.59. The van der Waals surface area contributed by atoms with E-state index >= 15 is 0 Å². The topological polar surface area (TPSA) is 21.3 Å². The Bertz CT molecular complexity index is 344. The molecule has 0 radical (unpaired) electrons. The Morgan fingerprint density at radius 1 is 1.35 bits per heavy atom. The Hall–Kier alpha value is -0.800. The summed E-state index contributed by atoms with van der Waals surface area (Å²) in [6.07, 6.45) is 1.07. The van der Waals surface area contributed by atoms with Crippen LogP contribution in [0.1, 0.15) is 20.3 Å². The highest BCUT2D eigenvalue weighted by Crippen LogP contribution is 2.18. The molecule has 0 unspecified atom stereocenters. The van der Waals surface area contributed by atoms with Crippen LogP contribution in [-0.2, 0) is 4.74 Å². The Labute approximate surface area is 107 Å². The molecule has 1 rings (SSSR count). The van der Waals surface area contributed by atoms with Gasteiger partial charge in [-0.3, -0.25) is 0 Å². The summed E-state index contributed by atoms with van der Waals surface area (Å²) in [5.74, 6) is 0.255. The van der Waals surface area contributed by atoms with E-state index in [9.17, 15) is 4.39 Å². The van der Waals surface area contributed by atoms with E-state index in [1.165, 1.54) is 6.07 Å². The highest BCUT2D eigenvalue weighted by Gasteiger charge is 2.00. The minimum Gasteiger partial charge on any atom is -0.383 e. The van der Waals surface area contributed by atoms with Crippen LogP contribution >= 0.6 is 11.6 Å². The number of nitrogens with one attached hydrogen (secondary N) is 1. The van der Waals surface area contributed by atoms with Gasteiger partial charge in [-0.1, -0.05) is 25.4 Å². The van der Waals surface area contributed by atoms with Crippen molar-refractivity contribution in [2.75, 3.05) is 25.1 Å². The van der Waals surface area contributed by atoms with Gasteiger partial charge in [0.2, 0.25) is 0 Å². The van der Waals surface area contributed by atoms with Gasteiger partial charge >= 0.3 is 0 Å². The average Bonchev–Trinajstić information content (AvgIpc) is 2.27. The lowest BCUT2D eigenvalue weighted by Crippen LogP contribution is -2.10. The van der Waals surface area contributed by atoms with E-state index < -0.39 is 5.82 Å². The third kappa shape index (κ3) is 5.89. The predicted octanol–water partition coefficient (Wildman–Crippen LogP) is 3.95. The van der Waals surface area contributed by atoms with Crippen LogP contribution in [0.25, 0.3) is 0 Å². The molecule has 1 aromatic rings. The predicted molar refractivity (Wildman–Crippen MR) is 70.2 cm³/mol. The van der Waals surface area contributed by atoms with E-state index in [1.54, 1.807) is 12.1 Å². The largest absolute Gasteiger partial charge is 0.383 e. The van der Waals surface area contributed by atoms with Crippen LogP contribution in [0.3, 0.4) is 0 Å². The van der Waals surface area contributed by atoms with E-state index in [-0.39, 0.29) is 5.02 Å². The molecule has 1 aromatic carbocycles. The maximum atomic E-state index is 13.1. The maximum absolute atomic E-state index is 13.1. The second kappa shape index (κ2) is 7.51. The van der Waals surface area contributed by atoms with Gasteiger partial charge < -0.3 is 10.1 Å². The molecule has 2 nitrogen and oxygen atoms in total. The van der Waals surface area contributed by atoms with Crippen molar-refractivity contribution in [2.24, 2.45) is 5.92 Å². The second-order valence-electron chi connectivity index (χ2n) is 4.35. The first-order chi connectivity index (χ1) is 8.09. The fourth-order valence-electron chi connectivity index (χ4n) is 1.29. The number of ether oxygens (including phenoxy) is 1. The summed E-state index contributed by atoms with van der Waals surface area (Å²) in [5, 5.41) is 3.22. The quantitative estimate of drug-likeness (QED) is 0.749. The van der Waals surface area contributed by atoms with E-state index in [2.05, 4.69) is 19.2 Å². The molecule has 0 saturated heterocycles. The maximum Gasteiger partial charge on any atom is 0.143 e. The summed E-state index contributed by atoms with van der Waals surface area (Å²) in [4.78, 5) is 0. The zero-order chi connectivity index (χ0) is 12.7. The van der Waals surface area contributed by atoms with Crippen molar-refractivity contribution in [3.8, 4) is 0 Å². The fraction of sp³-hybridized carbons (Fsp3) is 0.538. The molecule has 0 aliphatic heterocycles. The number of benzene rings is 1. The summed E-state index contributed by atoms with van der Waals surface area (Å²) in [6.45, 7) is 6.39. The summed E-state index contributed by atoms with van der Waals surface area (Å²) < 4.78 is 18.5. The van der Waals surface area contributed by atoms with Crippen molar-refractivity contribution in [1.82, 2.24) is 0 Å². The van der Waals surface area contributed by atoms with Crippen LogP contribution in [-0.4, -0.2) is 19.8 Å². The lowest BCUT2D eigenvalue weighted by atomic mass is 10.1. The van der Waals surface area contributed by atoms with E-state index in [1.807, 2.05) is 0 Å². The summed E-state index contributed by atoms with van der Waals surface area (Å²) in [6, 6.07) is 4.68. The van der Waals surface area contributed by atoms with E-state index in [0.717, 1.165) is 18.7 Å². The Morgan fingerprint density at radius 3 is 2.76 bits per heavy atom. The van der Waals surface area contributed by atoms with Crippen LogP contribution in [0, 0.1) is 11.7 Å². The molecule has 0 fully saturated rings. The Morgan fingerprint density at radius 2 is 2.12 bits per heavy atom. The van der Waals surface area contributed by atoms with Crippen molar-refractivity contribution in [2.45, 2.75) is 20.3 Å². The molecule has 0 heterocycles. The number of hydrogen-bond donors (Lipinski definition) is 1. The molecule has 0 aliphatic rings. The molecule has 0 spiro atoms. The summed E-state index contributed by atoms with van der Waals surface area (Å²) in [5.41, 5.74) is 0.722. The highest BCUT2D eigenvalue weighted by molar-refractivity contribution is 6.30. The number of hydrogen-bond acceptors (Lipinski definition) is 2. The van der Waals surface area contributed by atoms with E-state index in [4.69, 9.17) is 16.3 Å². The van der Waals surface area contributed by atoms with Crippen molar-refractivity contribution in [3.63, 3.8) is 0 Å². The van der Waals surface area contributed by atoms with Crippen molar-refractivity contribution in [1.29, 1.82) is 0 Å². The summed E-state index contributed by atoms with van der Waals surface area (Å²) in [7, 11) is 0. The van der Waals surface area contributed by atoms with Gasteiger partial charge in [0.15, 0.2) is 0 Å². The van der Waals surface area contributed by atoms with Crippen LogP contribution in [0.5, 0.6) is 0 Å². The van der Waals surface area contributed by atoms with Crippen LogP contribution < -0.4 is 5.32 Å². The standard InChI is InChI=1S/C13H19ClFNO/c1-10(2)5-7-17-8-6-16-11-3-4-12(14)13(15)9-11/h3-4,9-10,16H,5-8H2,1-2H3. The Kier molecular flexibility index (Phi) is 6.30. The van der Waals surface area contributed by atoms with Crippen LogP contribution in [0.2, 0.25) is 5.02 Å². The monoisotopic (exact) mass is 259 g/mol. The SMILES string of the molecule is CC(C)CCOCCNc1ccc(Cl)c(F)c1. The molecule has 96 valence electrons. The van der Waals surface area contributed by atoms with Crippen LogP contribution in [0.15, 0.2) is 18.2 Å². The van der Waals surface area contributed by atoms with Gasteiger partial charge in [-0.15, -0.1) is 0 Å². The Balaban J connectivity index is 2.16. The first-order valence-electron chi connectivity index (χ1n) is 5.86. The minimum atomic E-state index is -0.405. The molecule has 0 saturated carbocycles. The van der Waals surface area contributed by atoms with Crippen molar-refractivity contribution >= 4 is 17.3 Å². The molecule has 0 amide bonds. The zero-order valence-electron chi connectivity index (χ0n) is 10.3. The molecule has 4 heteroatoms. The lowest BCUT2D eigenvalue weighted by Gasteiger charge is -2.09. The zero-order valence-corrected chi connectivity index (χ0v) is 11.1. The van der Waals surface area contributed by atoms with Gasteiger partial charge in [-0.25, -0.2) is 4.39 Å². The number of halogens is 2. The van der Waals surface area contributed by atoms with Gasteiger partial charge in [0, 0.05) is 18.8 Å². The van der Waals surface area contributed by atoms with Crippen molar-refractivity contribution < 1.29 is 9.13 Å². The van der Waals surface area contributed by atoms with Gasteiger partial charge in [-0.2, -0.15) is 0 Å². The second-order valence-corrected chi connectivity index (χ2v) is 4.76.